The van der Waals surface area contributed by atoms with Crippen LogP contribution in [0.4, 0.5) is 0 Å². The predicted molar refractivity (Wildman–Crippen MR) is 104 cm³/mol. The molecule has 128 valence electrons. The minimum Gasteiger partial charge on any atom is -0.309 e. The topological polar surface area (TPSA) is 80.6 Å². The highest BCUT2D eigenvalue weighted by Gasteiger charge is 2.14. The lowest BCUT2D eigenvalue weighted by Gasteiger charge is -2.06. The summed E-state index contributed by atoms with van der Waals surface area (Å²) in [4.78, 5) is 39.2. The Kier molecular flexibility index (Phi) is 4.01. The summed E-state index contributed by atoms with van der Waals surface area (Å²) in [6.45, 7) is 3.93. The van der Waals surface area contributed by atoms with E-state index in [0.29, 0.717) is 27.5 Å². The minimum absolute atomic E-state index is 0.0600. The van der Waals surface area contributed by atoms with Crippen molar-refractivity contribution in [1.82, 2.24) is 19.5 Å². The molecule has 25 heavy (non-hydrogen) atoms. The number of nitrogens with one attached hydrogen (secondary N) is 1. The summed E-state index contributed by atoms with van der Waals surface area (Å²) in [6.07, 6.45) is 0. The second-order valence-corrected chi connectivity index (χ2v) is 8.70. The van der Waals surface area contributed by atoms with E-state index in [0.717, 1.165) is 20.1 Å². The van der Waals surface area contributed by atoms with Crippen molar-refractivity contribution in [3.8, 4) is 0 Å². The third kappa shape index (κ3) is 2.72. The van der Waals surface area contributed by atoms with E-state index in [1.165, 1.54) is 39.0 Å². The molecule has 0 amide bonds. The van der Waals surface area contributed by atoms with Gasteiger partial charge in [-0.2, -0.15) is 0 Å². The molecule has 0 saturated heterocycles. The van der Waals surface area contributed by atoms with Crippen LogP contribution in [0.1, 0.15) is 16.3 Å². The van der Waals surface area contributed by atoms with E-state index in [1.54, 1.807) is 13.1 Å². The van der Waals surface area contributed by atoms with Crippen LogP contribution in [0.3, 0.4) is 0 Å². The smallest absolute Gasteiger partial charge is 0.262 e. The maximum atomic E-state index is 12.3. The maximum absolute atomic E-state index is 12.3. The van der Waals surface area contributed by atoms with Gasteiger partial charge in [-0.15, -0.1) is 22.7 Å². The number of hydrogen-bond donors (Lipinski definition) is 1. The summed E-state index contributed by atoms with van der Waals surface area (Å²) in [5, 5.41) is 3.78. The van der Waals surface area contributed by atoms with Gasteiger partial charge >= 0.3 is 0 Å². The van der Waals surface area contributed by atoms with Crippen LogP contribution in [0, 0.1) is 13.8 Å². The lowest BCUT2D eigenvalue weighted by molar-refractivity contribution is 0.727. The molecular formula is C16H14N4O2S3. The fourth-order valence-corrected chi connectivity index (χ4v) is 5.31. The number of aromatic nitrogens is 4. The molecule has 0 atom stereocenters. The monoisotopic (exact) mass is 390 g/mol. The number of thiophene rings is 2. The van der Waals surface area contributed by atoms with Crippen LogP contribution < -0.4 is 11.1 Å². The van der Waals surface area contributed by atoms with Gasteiger partial charge in [-0.3, -0.25) is 14.2 Å². The zero-order valence-corrected chi connectivity index (χ0v) is 16.2. The van der Waals surface area contributed by atoms with Crippen LogP contribution in [0.2, 0.25) is 0 Å². The van der Waals surface area contributed by atoms with E-state index < -0.39 is 0 Å². The van der Waals surface area contributed by atoms with E-state index in [-0.39, 0.29) is 11.1 Å². The van der Waals surface area contributed by atoms with Crippen molar-refractivity contribution in [1.29, 1.82) is 0 Å². The number of nitrogens with zero attached hydrogens (tertiary/aromatic N) is 3. The van der Waals surface area contributed by atoms with E-state index in [1.807, 2.05) is 19.2 Å². The van der Waals surface area contributed by atoms with Crippen molar-refractivity contribution >= 4 is 54.9 Å². The first-order valence-electron chi connectivity index (χ1n) is 7.51. The SMILES string of the molecule is Cc1sc2nc(CSc3nc4sccc4c(=O)n3C)[nH]c(=O)c2c1C. The van der Waals surface area contributed by atoms with Gasteiger partial charge in [0, 0.05) is 11.9 Å². The van der Waals surface area contributed by atoms with Crippen molar-refractivity contribution < 1.29 is 0 Å². The highest BCUT2D eigenvalue weighted by atomic mass is 32.2. The maximum Gasteiger partial charge on any atom is 0.262 e. The van der Waals surface area contributed by atoms with Crippen molar-refractivity contribution in [2.24, 2.45) is 7.05 Å². The van der Waals surface area contributed by atoms with Gasteiger partial charge < -0.3 is 4.98 Å². The number of hydrogen-bond acceptors (Lipinski definition) is 7. The molecule has 6 nitrogen and oxygen atoms in total. The first-order chi connectivity index (χ1) is 12.0. The fraction of sp³-hybridized carbons (Fsp3) is 0.250. The molecule has 4 aromatic heterocycles. The Labute approximate surface area is 154 Å². The summed E-state index contributed by atoms with van der Waals surface area (Å²) < 4.78 is 1.54. The molecule has 4 heterocycles. The van der Waals surface area contributed by atoms with E-state index in [2.05, 4.69) is 15.0 Å². The summed E-state index contributed by atoms with van der Waals surface area (Å²) in [6, 6.07) is 1.79. The number of H-pyrrole nitrogens is 1. The van der Waals surface area contributed by atoms with Gasteiger partial charge in [0.2, 0.25) is 0 Å². The Hall–Kier alpha value is -1.97. The van der Waals surface area contributed by atoms with Crippen LogP contribution in [-0.4, -0.2) is 19.5 Å². The van der Waals surface area contributed by atoms with Gasteiger partial charge in [0.25, 0.3) is 11.1 Å². The first kappa shape index (κ1) is 16.5. The normalized spacial score (nSPS) is 11.6. The van der Waals surface area contributed by atoms with Crippen LogP contribution in [0.25, 0.3) is 20.4 Å². The number of rotatable bonds is 3. The molecule has 0 aliphatic heterocycles. The molecule has 0 spiro atoms. The van der Waals surface area contributed by atoms with E-state index in [4.69, 9.17) is 0 Å². The molecule has 0 unspecified atom stereocenters. The summed E-state index contributed by atoms with van der Waals surface area (Å²) in [5.74, 6) is 1.03. The van der Waals surface area contributed by atoms with E-state index in [9.17, 15) is 9.59 Å². The third-order valence-electron chi connectivity index (χ3n) is 4.09. The number of aryl methyl sites for hydroxylation is 2. The molecule has 0 bridgehead atoms. The van der Waals surface area contributed by atoms with Crippen molar-refractivity contribution in [2.45, 2.75) is 24.8 Å². The minimum atomic E-state index is -0.113. The molecule has 9 heteroatoms. The predicted octanol–water partition coefficient (Wildman–Crippen LogP) is 3.20. The highest BCUT2D eigenvalue weighted by molar-refractivity contribution is 7.98. The van der Waals surface area contributed by atoms with Crippen molar-refractivity contribution in [3.63, 3.8) is 0 Å². The number of fused-ring (bicyclic) bond motifs is 2. The lowest BCUT2D eigenvalue weighted by Crippen LogP contribution is -2.19. The molecule has 0 aliphatic carbocycles. The average molecular weight is 391 g/mol. The Morgan fingerprint density at radius 3 is 2.84 bits per heavy atom. The van der Waals surface area contributed by atoms with Crippen LogP contribution in [0.15, 0.2) is 26.2 Å². The Balaban J connectivity index is 1.70. The zero-order chi connectivity index (χ0) is 17.7. The third-order valence-corrected chi connectivity index (χ3v) is 7.04. The molecule has 0 aliphatic rings. The number of thioether (sulfide) groups is 1. The Morgan fingerprint density at radius 2 is 2.04 bits per heavy atom. The Bertz CT molecular complexity index is 1230. The van der Waals surface area contributed by atoms with Gasteiger partial charge in [-0.1, -0.05) is 11.8 Å². The molecule has 0 fully saturated rings. The van der Waals surface area contributed by atoms with Gasteiger partial charge in [0.15, 0.2) is 5.16 Å². The van der Waals surface area contributed by atoms with Crippen LogP contribution in [0.5, 0.6) is 0 Å². The van der Waals surface area contributed by atoms with Crippen molar-refractivity contribution in [3.05, 3.63) is 48.4 Å². The second-order valence-electron chi connectivity index (χ2n) is 5.66. The molecule has 0 radical (unpaired) electrons. The second kappa shape index (κ2) is 6.08. The highest BCUT2D eigenvalue weighted by Crippen LogP contribution is 2.27. The average Bonchev–Trinajstić information content (AvgIpc) is 3.15. The molecule has 0 saturated carbocycles. The van der Waals surface area contributed by atoms with Gasteiger partial charge in [-0.05, 0) is 30.9 Å². The number of aromatic amines is 1. The molecule has 1 N–H and O–H groups in total. The molecule has 4 aromatic rings. The van der Waals surface area contributed by atoms with E-state index >= 15 is 0 Å². The lowest BCUT2D eigenvalue weighted by atomic mass is 10.2. The summed E-state index contributed by atoms with van der Waals surface area (Å²) in [5.41, 5.74) is 0.813. The summed E-state index contributed by atoms with van der Waals surface area (Å²) in [7, 11) is 1.71. The van der Waals surface area contributed by atoms with Crippen molar-refractivity contribution in [2.75, 3.05) is 0 Å². The standard InChI is InChI=1S/C16H14N4O2S3/c1-7-8(2)25-14-11(7)12(21)17-10(18-14)6-24-16-19-13-9(4-5-23-13)15(22)20(16)3/h4-5H,6H2,1-3H3,(H,17,18,21). The largest absolute Gasteiger partial charge is 0.309 e. The quantitative estimate of drug-likeness (QED) is 0.429. The zero-order valence-electron chi connectivity index (χ0n) is 13.7. The molecule has 4 rings (SSSR count). The van der Waals surface area contributed by atoms with Crippen LogP contribution in [-0.2, 0) is 12.8 Å². The van der Waals surface area contributed by atoms with Crippen LogP contribution >= 0.6 is 34.4 Å². The van der Waals surface area contributed by atoms with Gasteiger partial charge in [0.05, 0.1) is 16.5 Å². The first-order valence-corrected chi connectivity index (χ1v) is 10.2. The summed E-state index contributed by atoms with van der Waals surface area (Å²) >= 11 is 4.36. The Morgan fingerprint density at radius 1 is 1.24 bits per heavy atom. The van der Waals surface area contributed by atoms with Gasteiger partial charge in [-0.25, -0.2) is 9.97 Å². The fourth-order valence-electron chi connectivity index (χ4n) is 2.61. The molecular weight excluding hydrogens is 376 g/mol. The molecule has 0 aromatic carbocycles. The van der Waals surface area contributed by atoms with Gasteiger partial charge in [0.1, 0.15) is 15.5 Å².